The summed E-state index contributed by atoms with van der Waals surface area (Å²) in [6.45, 7) is -0.0755. The van der Waals surface area contributed by atoms with Gasteiger partial charge in [0.15, 0.2) is 0 Å². The number of fused-ring (bicyclic) bond motifs is 1. The first-order valence-corrected chi connectivity index (χ1v) is 8.14. The molecule has 140 valence electrons. The molecule has 0 fully saturated rings. The number of nitrogens with zero attached hydrogens (tertiary/aromatic N) is 5. The summed E-state index contributed by atoms with van der Waals surface area (Å²) in [5.41, 5.74) is 2.38. The van der Waals surface area contributed by atoms with E-state index < -0.39 is 11.9 Å². The molecule has 0 aliphatic heterocycles. The van der Waals surface area contributed by atoms with Crippen LogP contribution in [0.5, 0.6) is 0 Å². The average molecular weight is 375 g/mol. The molecule has 0 saturated carbocycles. The molecule has 6 nitrogen and oxygen atoms in total. The van der Waals surface area contributed by atoms with Gasteiger partial charge in [-0.15, -0.1) is 0 Å². The van der Waals surface area contributed by atoms with Crippen LogP contribution in [-0.4, -0.2) is 28.8 Å². The van der Waals surface area contributed by atoms with Crippen LogP contribution in [0, 0.1) is 0 Å². The predicted octanol–water partition coefficient (Wildman–Crippen LogP) is 3.25. The van der Waals surface area contributed by atoms with Gasteiger partial charge in [-0.3, -0.25) is 9.08 Å². The molecule has 0 amide bonds. The smallest absolute Gasteiger partial charge is 0.390 e. The zero-order chi connectivity index (χ0) is 19.3. The number of hydrogen-bond acceptors (Lipinski definition) is 3. The molecule has 0 spiro atoms. The van der Waals surface area contributed by atoms with E-state index in [1.807, 2.05) is 17.6 Å². The number of aliphatic hydroxyl groups is 1. The molecule has 1 N–H and O–H groups in total. The minimum atomic E-state index is -4.44. The van der Waals surface area contributed by atoms with Crippen molar-refractivity contribution < 1.29 is 18.3 Å². The molecule has 3 heterocycles. The third-order valence-electron chi connectivity index (χ3n) is 4.54. The summed E-state index contributed by atoms with van der Waals surface area (Å²) in [6, 6.07) is 8.08. The van der Waals surface area contributed by atoms with Gasteiger partial charge in [-0.1, -0.05) is 24.3 Å². The van der Waals surface area contributed by atoms with E-state index in [1.54, 1.807) is 35.0 Å². The van der Waals surface area contributed by atoms with Gasteiger partial charge in [0, 0.05) is 37.6 Å². The maximum Gasteiger partial charge on any atom is 0.433 e. The lowest BCUT2D eigenvalue weighted by Crippen LogP contribution is -2.11. The number of alkyl halides is 3. The fourth-order valence-electron chi connectivity index (χ4n) is 3.07. The molecule has 4 aromatic rings. The Balaban J connectivity index is 1.66. The first-order valence-electron chi connectivity index (χ1n) is 8.14. The third kappa shape index (κ3) is 2.89. The second kappa shape index (κ2) is 5.98. The Hall–Kier alpha value is -3.07. The maximum atomic E-state index is 12.9. The monoisotopic (exact) mass is 375 g/mol. The Morgan fingerprint density at radius 3 is 2.15 bits per heavy atom. The summed E-state index contributed by atoms with van der Waals surface area (Å²) >= 11 is 0. The summed E-state index contributed by atoms with van der Waals surface area (Å²) in [6.07, 6.45) is -0.803. The van der Waals surface area contributed by atoms with Crippen molar-refractivity contribution in [3.63, 3.8) is 0 Å². The van der Waals surface area contributed by atoms with Crippen LogP contribution in [0.2, 0.25) is 0 Å². The quantitative estimate of drug-likeness (QED) is 0.598. The van der Waals surface area contributed by atoms with Gasteiger partial charge in [0.25, 0.3) is 0 Å². The Morgan fingerprint density at radius 2 is 1.63 bits per heavy atom. The minimum absolute atomic E-state index is 0.0755. The lowest BCUT2D eigenvalue weighted by atomic mass is 10.1. The van der Waals surface area contributed by atoms with Crippen molar-refractivity contribution >= 4 is 5.78 Å². The lowest BCUT2D eigenvalue weighted by molar-refractivity contribution is -0.143. The topological polar surface area (TPSA) is 60.3 Å². The Morgan fingerprint density at radius 1 is 1.00 bits per heavy atom. The molecular weight excluding hydrogens is 359 g/mol. The highest BCUT2D eigenvalue weighted by atomic mass is 19.4. The third-order valence-corrected chi connectivity index (χ3v) is 4.54. The molecule has 4 rings (SSSR count). The summed E-state index contributed by atoms with van der Waals surface area (Å²) in [7, 11) is 3.10. The summed E-state index contributed by atoms with van der Waals surface area (Å²) < 4.78 is 43.3. The van der Waals surface area contributed by atoms with Crippen molar-refractivity contribution in [3.8, 4) is 22.5 Å². The summed E-state index contributed by atoms with van der Waals surface area (Å²) in [4.78, 5) is 4.55. The second-order valence-electron chi connectivity index (χ2n) is 6.28. The fourth-order valence-corrected chi connectivity index (χ4v) is 3.07. The van der Waals surface area contributed by atoms with Gasteiger partial charge < -0.3 is 9.67 Å². The Bertz CT molecular complexity index is 1120. The van der Waals surface area contributed by atoms with Crippen LogP contribution in [0.25, 0.3) is 28.3 Å². The SMILES string of the molecule is Cn1nc(-c2ccc(-c3cn4cc(CO)n(C)c4n3)cc2)cc1C(F)(F)F. The van der Waals surface area contributed by atoms with E-state index in [9.17, 15) is 18.3 Å². The van der Waals surface area contributed by atoms with E-state index in [4.69, 9.17) is 0 Å². The molecule has 0 atom stereocenters. The minimum Gasteiger partial charge on any atom is -0.390 e. The highest BCUT2D eigenvalue weighted by Gasteiger charge is 2.35. The number of halogens is 3. The number of aliphatic hydroxyl groups excluding tert-OH is 1. The van der Waals surface area contributed by atoms with E-state index in [2.05, 4.69) is 10.1 Å². The van der Waals surface area contributed by atoms with Gasteiger partial charge >= 0.3 is 6.18 Å². The largest absolute Gasteiger partial charge is 0.433 e. The summed E-state index contributed by atoms with van der Waals surface area (Å²) in [5.74, 6) is 0.692. The van der Waals surface area contributed by atoms with Gasteiger partial charge in [0.1, 0.15) is 5.69 Å². The van der Waals surface area contributed by atoms with E-state index in [1.165, 1.54) is 7.05 Å². The molecule has 0 bridgehead atoms. The van der Waals surface area contributed by atoms with Crippen molar-refractivity contribution in [1.29, 1.82) is 0 Å². The first-order chi connectivity index (χ1) is 12.8. The van der Waals surface area contributed by atoms with Crippen LogP contribution in [0.1, 0.15) is 11.4 Å². The van der Waals surface area contributed by atoms with Crippen LogP contribution in [0.15, 0.2) is 42.7 Å². The van der Waals surface area contributed by atoms with Crippen LogP contribution in [0.3, 0.4) is 0 Å². The number of aryl methyl sites for hydroxylation is 2. The molecular formula is C18H16F3N5O. The number of hydrogen-bond donors (Lipinski definition) is 1. The Kier molecular flexibility index (Phi) is 3.84. The maximum absolute atomic E-state index is 12.9. The zero-order valence-electron chi connectivity index (χ0n) is 14.6. The number of benzene rings is 1. The Labute approximate surface area is 152 Å². The predicted molar refractivity (Wildman–Crippen MR) is 92.7 cm³/mol. The second-order valence-corrected chi connectivity index (χ2v) is 6.28. The van der Waals surface area contributed by atoms with Crippen molar-refractivity contribution in [3.05, 3.63) is 54.1 Å². The van der Waals surface area contributed by atoms with Crippen LogP contribution in [-0.2, 0) is 26.9 Å². The highest BCUT2D eigenvalue weighted by Crippen LogP contribution is 2.32. The van der Waals surface area contributed by atoms with Gasteiger partial charge in [-0.25, -0.2) is 4.98 Å². The molecule has 0 unspecified atom stereocenters. The van der Waals surface area contributed by atoms with Crippen molar-refractivity contribution in [2.24, 2.45) is 14.1 Å². The highest BCUT2D eigenvalue weighted by molar-refractivity contribution is 5.68. The first kappa shape index (κ1) is 17.3. The molecule has 27 heavy (non-hydrogen) atoms. The van der Waals surface area contributed by atoms with E-state index in [-0.39, 0.29) is 12.3 Å². The molecule has 0 radical (unpaired) electrons. The number of imidazole rings is 2. The standard InChI is InChI=1S/C18H16F3N5O/c1-24-13(10-27)8-26-9-15(22-17(24)26)12-5-3-11(4-6-12)14-7-16(18(19,20)21)25(2)23-14/h3-9,27H,10H2,1-2H3. The van der Waals surface area contributed by atoms with Crippen molar-refractivity contribution in [1.82, 2.24) is 23.7 Å². The van der Waals surface area contributed by atoms with E-state index in [0.29, 0.717) is 11.3 Å². The molecule has 1 aromatic carbocycles. The van der Waals surface area contributed by atoms with Crippen LogP contribution < -0.4 is 0 Å². The van der Waals surface area contributed by atoms with Gasteiger partial charge in [0.05, 0.1) is 23.7 Å². The van der Waals surface area contributed by atoms with Gasteiger partial charge in [-0.05, 0) is 6.07 Å². The molecule has 3 aromatic heterocycles. The van der Waals surface area contributed by atoms with Crippen LogP contribution in [0.4, 0.5) is 13.2 Å². The zero-order valence-corrected chi connectivity index (χ0v) is 14.6. The van der Waals surface area contributed by atoms with E-state index >= 15 is 0 Å². The molecule has 0 aliphatic carbocycles. The van der Waals surface area contributed by atoms with Gasteiger partial charge in [0.2, 0.25) is 5.78 Å². The van der Waals surface area contributed by atoms with Gasteiger partial charge in [-0.2, -0.15) is 18.3 Å². The van der Waals surface area contributed by atoms with Crippen molar-refractivity contribution in [2.45, 2.75) is 12.8 Å². The molecule has 9 heteroatoms. The van der Waals surface area contributed by atoms with Crippen molar-refractivity contribution in [2.75, 3.05) is 0 Å². The molecule has 0 saturated heterocycles. The van der Waals surface area contributed by atoms with E-state index in [0.717, 1.165) is 27.7 Å². The average Bonchev–Trinajstić information content (AvgIpc) is 3.29. The lowest BCUT2D eigenvalue weighted by Gasteiger charge is -2.04. The molecule has 0 aliphatic rings. The number of aromatic nitrogens is 5. The normalized spacial score (nSPS) is 12.2. The van der Waals surface area contributed by atoms with Crippen LogP contribution >= 0.6 is 0 Å². The number of rotatable bonds is 3. The fraction of sp³-hybridized carbons (Fsp3) is 0.222. The summed E-state index contributed by atoms with van der Waals surface area (Å²) in [5, 5.41) is 13.3.